The Labute approximate surface area is 155 Å². The zero-order chi connectivity index (χ0) is 19.3. The highest BCUT2D eigenvalue weighted by molar-refractivity contribution is 7.89. The quantitative estimate of drug-likeness (QED) is 0.765. The zero-order valence-electron chi connectivity index (χ0n) is 15.6. The van der Waals surface area contributed by atoms with Gasteiger partial charge in [-0.1, -0.05) is 19.4 Å². The number of carbonyl (C=O) groups excluding carboxylic acids is 1. The smallest absolute Gasteiger partial charge is 0.256 e. The molecule has 0 radical (unpaired) electrons. The van der Waals surface area contributed by atoms with Crippen molar-refractivity contribution in [2.24, 2.45) is 0 Å². The number of anilines is 1. The van der Waals surface area contributed by atoms with Gasteiger partial charge >= 0.3 is 0 Å². The number of aryl methyl sites for hydroxylation is 1. The molecule has 2 rings (SSSR count). The molecule has 1 N–H and O–H groups in total. The standard InChI is InChI=1S/C18H26N4O3S/c1-5-6-12-22-17(10-11-19-22)20-18(23)15-8-7-9-16(13-15)26(24,25)21(4)14(2)3/h7-11,13-14H,5-6,12H2,1-4H3,(H,20,23). The van der Waals surface area contributed by atoms with E-state index in [4.69, 9.17) is 0 Å². The summed E-state index contributed by atoms with van der Waals surface area (Å²) in [5.74, 6) is 0.225. The Balaban J connectivity index is 2.23. The largest absolute Gasteiger partial charge is 0.307 e. The molecule has 0 unspecified atom stereocenters. The molecule has 0 atom stereocenters. The summed E-state index contributed by atoms with van der Waals surface area (Å²) in [6.07, 6.45) is 3.61. The predicted molar refractivity (Wildman–Crippen MR) is 102 cm³/mol. The summed E-state index contributed by atoms with van der Waals surface area (Å²) in [7, 11) is -2.11. The molecule has 1 aromatic carbocycles. The topological polar surface area (TPSA) is 84.3 Å². The van der Waals surface area contributed by atoms with Crippen molar-refractivity contribution in [3.05, 3.63) is 42.1 Å². The van der Waals surface area contributed by atoms with E-state index in [-0.39, 0.29) is 22.4 Å². The molecule has 142 valence electrons. The molecule has 0 saturated carbocycles. The number of benzene rings is 1. The summed E-state index contributed by atoms with van der Waals surface area (Å²) >= 11 is 0. The van der Waals surface area contributed by atoms with Gasteiger partial charge in [-0.15, -0.1) is 0 Å². The van der Waals surface area contributed by atoms with Gasteiger partial charge in [0.2, 0.25) is 10.0 Å². The lowest BCUT2D eigenvalue weighted by atomic mass is 10.2. The van der Waals surface area contributed by atoms with E-state index in [1.165, 1.54) is 23.5 Å². The van der Waals surface area contributed by atoms with E-state index in [9.17, 15) is 13.2 Å². The van der Waals surface area contributed by atoms with E-state index in [0.717, 1.165) is 12.8 Å². The molecule has 1 heterocycles. The van der Waals surface area contributed by atoms with Crippen LogP contribution in [-0.4, -0.2) is 41.5 Å². The number of unbranched alkanes of at least 4 members (excludes halogenated alkanes) is 1. The van der Waals surface area contributed by atoms with Crippen LogP contribution < -0.4 is 5.32 Å². The second-order valence-corrected chi connectivity index (χ2v) is 8.39. The van der Waals surface area contributed by atoms with Gasteiger partial charge in [0.15, 0.2) is 0 Å². The highest BCUT2D eigenvalue weighted by Crippen LogP contribution is 2.19. The fraction of sp³-hybridized carbons (Fsp3) is 0.444. The van der Waals surface area contributed by atoms with Crippen molar-refractivity contribution < 1.29 is 13.2 Å². The lowest BCUT2D eigenvalue weighted by Crippen LogP contribution is -2.33. The molecule has 0 spiro atoms. The molecule has 0 aliphatic heterocycles. The number of sulfonamides is 1. The molecule has 0 bridgehead atoms. The number of amides is 1. The molecule has 0 saturated heterocycles. The Morgan fingerprint density at radius 3 is 2.69 bits per heavy atom. The molecule has 1 amide bonds. The van der Waals surface area contributed by atoms with Crippen LogP contribution in [0.15, 0.2) is 41.4 Å². The fourth-order valence-corrected chi connectivity index (χ4v) is 3.77. The van der Waals surface area contributed by atoms with Gasteiger partial charge in [-0.3, -0.25) is 4.79 Å². The Morgan fingerprint density at radius 2 is 2.04 bits per heavy atom. The first-order valence-corrected chi connectivity index (χ1v) is 10.1. The highest BCUT2D eigenvalue weighted by atomic mass is 32.2. The summed E-state index contributed by atoms with van der Waals surface area (Å²) in [6.45, 7) is 6.39. The second kappa shape index (κ2) is 8.46. The van der Waals surface area contributed by atoms with E-state index in [0.29, 0.717) is 12.4 Å². The Bertz CT molecular complexity index is 859. The molecule has 7 nitrogen and oxygen atoms in total. The van der Waals surface area contributed by atoms with E-state index < -0.39 is 10.0 Å². The molecule has 26 heavy (non-hydrogen) atoms. The van der Waals surface area contributed by atoms with E-state index in [2.05, 4.69) is 17.3 Å². The Kier molecular flexibility index (Phi) is 6.55. The minimum atomic E-state index is -3.64. The molecular formula is C18H26N4O3S. The number of nitrogens with one attached hydrogen (secondary N) is 1. The van der Waals surface area contributed by atoms with Gasteiger partial charge in [-0.05, 0) is 38.5 Å². The molecule has 2 aromatic rings. The van der Waals surface area contributed by atoms with Crippen molar-refractivity contribution in [1.29, 1.82) is 0 Å². The van der Waals surface area contributed by atoms with Crippen molar-refractivity contribution in [1.82, 2.24) is 14.1 Å². The molecule has 8 heteroatoms. The summed E-state index contributed by atoms with van der Waals surface area (Å²) in [5, 5.41) is 7.00. The van der Waals surface area contributed by atoms with Crippen LogP contribution >= 0.6 is 0 Å². The normalized spacial score (nSPS) is 11.9. The lowest BCUT2D eigenvalue weighted by Gasteiger charge is -2.21. The summed E-state index contributed by atoms with van der Waals surface area (Å²) in [4.78, 5) is 12.7. The lowest BCUT2D eigenvalue weighted by molar-refractivity contribution is 0.102. The minimum Gasteiger partial charge on any atom is -0.307 e. The number of carbonyl (C=O) groups is 1. The third-order valence-electron chi connectivity index (χ3n) is 4.18. The van der Waals surface area contributed by atoms with Gasteiger partial charge in [0.05, 0.1) is 11.1 Å². The molecular weight excluding hydrogens is 352 g/mol. The minimum absolute atomic E-state index is 0.0980. The van der Waals surface area contributed by atoms with E-state index in [1.54, 1.807) is 42.9 Å². The van der Waals surface area contributed by atoms with Crippen molar-refractivity contribution in [2.45, 2.75) is 51.1 Å². The van der Waals surface area contributed by atoms with Crippen LogP contribution in [0.25, 0.3) is 0 Å². The van der Waals surface area contributed by atoms with Gasteiger partial charge in [-0.2, -0.15) is 9.40 Å². The van der Waals surface area contributed by atoms with Crippen LogP contribution in [0, 0.1) is 0 Å². The van der Waals surface area contributed by atoms with Crippen LogP contribution in [0.5, 0.6) is 0 Å². The first kappa shape index (κ1) is 20.1. The monoisotopic (exact) mass is 378 g/mol. The maximum absolute atomic E-state index is 12.6. The summed E-state index contributed by atoms with van der Waals surface area (Å²) < 4.78 is 28.2. The van der Waals surface area contributed by atoms with Crippen molar-refractivity contribution >= 4 is 21.7 Å². The highest BCUT2D eigenvalue weighted by Gasteiger charge is 2.24. The average molecular weight is 378 g/mol. The van der Waals surface area contributed by atoms with E-state index >= 15 is 0 Å². The van der Waals surface area contributed by atoms with Crippen LogP contribution in [0.3, 0.4) is 0 Å². The zero-order valence-corrected chi connectivity index (χ0v) is 16.5. The van der Waals surface area contributed by atoms with Gasteiger partial charge in [0, 0.05) is 31.3 Å². The molecule has 0 aliphatic rings. The van der Waals surface area contributed by atoms with Crippen molar-refractivity contribution in [2.75, 3.05) is 12.4 Å². The van der Waals surface area contributed by atoms with Gasteiger partial charge < -0.3 is 5.32 Å². The Morgan fingerprint density at radius 1 is 1.31 bits per heavy atom. The summed E-state index contributed by atoms with van der Waals surface area (Å²) in [6, 6.07) is 7.61. The number of nitrogens with zero attached hydrogens (tertiary/aromatic N) is 3. The van der Waals surface area contributed by atoms with Gasteiger partial charge in [-0.25, -0.2) is 13.1 Å². The van der Waals surface area contributed by atoms with Crippen molar-refractivity contribution in [3.63, 3.8) is 0 Å². The molecule has 0 aliphatic carbocycles. The second-order valence-electron chi connectivity index (χ2n) is 6.39. The van der Waals surface area contributed by atoms with E-state index in [1.807, 2.05) is 0 Å². The number of hydrogen-bond donors (Lipinski definition) is 1. The van der Waals surface area contributed by atoms with Gasteiger partial charge in [0.25, 0.3) is 5.91 Å². The van der Waals surface area contributed by atoms with Crippen LogP contribution in [0.4, 0.5) is 5.82 Å². The van der Waals surface area contributed by atoms with Crippen LogP contribution in [0.2, 0.25) is 0 Å². The third-order valence-corrected chi connectivity index (χ3v) is 6.21. The summed E-state index contributed by atoms with van der Waals surface area (Å²) in [5.41, 5.74) is 0.284. The third kappa shape index (κ3) is 4.50. The SMILES string of the molecule is CCCCn1nccc1NC(=O)c1cccc(S(=O)(=O)N(C)C(C)C)c1. The maximum Gasteiger partial charge on any atom is 0.256 e. The average Bonchev–Trinajstić information content (AvgIpc) is 3.06. The first-order valence-electron chi connectivity index (χ1n) is 8.68. The number of hydrogen-bond acceptors (Lipinski definition) is 4. The predicted octanol–water partition coefficient (Wildman–Crippen LogP) is 2.96. The number of aromatic nitrogens is 2. The maximum atomic E-state index is 12.6. The first-order chi connectivity index (χ1) is 12.3. The Hall–Kier alpha value is -2.19. The van der Waals surface area contributed by atoms with Gasteiger partial charge in [0.1, 0.15) is 5.82 Å². The van der Waals surface area contributed by atoms with Crippen LogP contribution in [0.1, 0.15) is 44.0 Å². The molecule has 1 aromatic heterocycles. The van der Waals surface area contributed by atoms with Crippen molar-refractivity contribution in [3.8, 4) is 0 Å². The van der Waals surface area contributed by atoms with Crippen LogP contribution in [-0.2, 0) is 16.6 Å². The fourth-order valence-electron chi connectivity index (χ4n) is 2.35. The molecule has 0 fully saturated rings. The number of rotatable bonds is 8.